The smallest absolute Gasteiger partial charge is 0.112 e. The van der Waals surface area contributed by atoms with Gasteiger partial charge in [0.05, 0.1) is 18.1 Å². The lowest BCUT2D eigenvalue weighted by molar-refractivity contribution is 0.0867. The van der Waals surface area contributed by atoms with E-state index >= 15 is 0 Å². The van der Waals surface area contributed by atoms with Gasteiger partial charge in [-0.25, -0.2) is 4.98 Å². The number of aromatic nitrogens is 2. The number of hydroxylamine groups is 1. The Morgan fingerprint density at radius 3 is 3.00 bits per heavy atom. The predicted octanol–water partition coefficient (Wildman–Crippen LogP) is 2.10. The van der Waals surface area contributed by atoms with Crippen molar-refractivity contribution in [1.29, 1.82) is 0 Å². The van der Waals surface area contributed by atoms with E-state index in [1.807, 2.05) is 0 Å². The first-order valence-corrected chi connectivity index (χ1v) is 6.00. The van der Waals surface area contributed by atoms with Crippen LogP contribution in [0.25, 0.3) is 11.0 Å². The van der Waals surface area contributed by atoms with E-state index in [1.54, 1.807) is 7.11 Å². The van der Waals surface area contributed by atoms with Crippen molar-refractivity contribution in [1.82, 2.24) is 15.0 Å². The maximum absolute atomic E-state index is 4.86. The van der Waals surface area contributed by atoms with Gasteiger partial charge in [-0.15, -0.1) is 0 Å². The molecule has 1 saturated carbocycles. The molecule has 0 radical (unpaired) electrons. The Balaban J connectivity index is 1.98. The fourth-order valence-corrected chi connectivity index (χ4v) is 2.24. The first-order chi connectivity index (χ1) is 8.29. The van der Waals surface area contributed by atoms with Crippen molar-refractivity contribution < 1.29 is 4.84 Å². The lowest BCUT2D eigenvalue weighted by Crippen LogP contribution is -2.10. The average Bonchev–Trinajstić information content (AvgIpc) is 3.13. The number of hydrogen-bond donors (Lipinski definition) is 1. The number of benzene rings is 1. The molecule has 3 rings (SSSR count). The van der Waals surface area contributed by atoms with Crippen LogP contribution in [0.3, 0.4) is 0 Å². The lowest BCUT2D eigenvalue weighted by Gasteiger charge is -2.02. The first kappa shape index (κ1) is 10.7. The molecule has 1 heterocycles. The van der Waals surface area contributed by atoms with Gasteiger partial charge in [0, 0.05) is 19.5 Å². The molecule has 2 aromatic rings. The Morgan fingerprint density at radius 1 is 1.47 bits per heavy atom. The quantitative estimate of drug-likeness (QED) is 0.819. The number of hydrogen-bond acceptors (Lipinski definition) is 3. The zero-order valence-corrected chi connectivity index (χ0v) is 10.2. The zero-order chi connectivity index (χ0) is 11.8. The van der Waals surface area contributed by atoms with Crippen molar-refractivity contribution >= 4 is 11.0 Å². The molecule has 0 bridgehead atoms. The number of rotatable bonds is 4. The number of imidazole rings is 1. The fraction of sp³-hybridized carbons (Fsp3) is 0.462. The highest BCUT2D eigenvalue weighted by Crippen LogP contribution is 2.40. The largest absolute Gasteiger partial charge is 0.331 e. The highest BCUT2D eigenvalue weighted by molar-refractivity contribution is 5.77. The van der Waals surface area contributed by atoms with Crippen molar-refractivity contribution in [3.8, 4) is 0 Å². The van der Waals surface area contributed by atoms with Crippen molar-refractivity contribution in [3.05, 3.63) is 29.6 Å². The molecule has 1 aromatic heterocycles. The van der Waals surface area contributed by atoms with Crippen molar-refractivity contribution in [2.75, 3.05) is 7.11 Å². The predicted molar refractivity (Wildman–Crippen MR) is 66.5 cm³/mol. The molecule has 4 nitrogen and oxygen atoms in total. The highest BCUT2D eigenvalue weighted by Gasteiger charge is 2.28. The summed E-state index contributed by atoms with van der Waals surface area (Å²) in [5.74, 6) is 1.92. The van der Waals surface area contributed by atoms with Crippen LogP contribution in [0.4, 0.5) is 0 Å². The number of nitrogens with zero attached hydrogens (tertiary/aromatic N) is 2. The molecule has 1 aromatic carbocycles. The normalized spacial score (nSPS) is 15.6. The van der Waals surface area contributed by atoms with E-state index in [9.17, 15) is 0 Å². The Labute approximate surface area is 101 Å². The van der Waals surface area contributed by atoms with Gasteiger partial charge >= 0.3 is 0 Å². The van der Waals surface area contributed by atoms with Crippen LogP contribution in [-0.4, -0.2) is 16.7 Å². The maximum atomic E-state index is 4.86. The van der Waals surface area contributed by atoms with E-state index in [0.29, 0.717) is 12.5 Å². The summed E-state index contributed by atoms with van der Waals surface area (Å²) in [7, 11) is 3.74. The van der Waals surface area contributed by atoms with Crippen LogP contribution in [0.2, 0.25) is 0 Å². The van der Waals surface area contributed by atoms with Gasteiger partial charge in [0.1, 0.15) is 5.82 Å². The van der Waals surface area contributed by atoms with E-state index in [-0.39, 0.29) is 0 Å². The van der Waals surface area contributed by atoms with Crippen LogP contribution >= 0.6 is 0 Å². The van der Waals surface area contributed by atoms with Crippen molar-refractivity contribution in [2.45, 2.75) is 25.3 Å². The van der Waals surface area contributed by atoms with Crippen molar-refractivity contribution in [3.63, 3.8) is 0 Å². The second-order valence-corrected chi connectivity index (χ2v) is 4.65. The summed E-state index contributed by atoms with van der Waals surface area (Å²) in [6.07, 6.45) is 2.57. The molecule has 1 N–H and O–H groups in total. The average molecular weight is 231 g/mol. The number of aryl methyl sites for hydroxylation is 1. The van der Waals surface area contributed by atoms with Crippen LogP contribution in [0.1, 0.15) is 30.1 Å². The maximum Gasteiger partial charge on any atom is 0.112 e. The third-order valence-electron chi connectivity index (χ3n) is 3.34. The molecular weight excluding hydrogens is 214 g/mol. The van der Waals surface area contributed by atoms with E-state index < -0.39 is 0 Å². The number of fused-ring (bicyclic) bond motifs is 1. The van der Waals surface area contributed by atoms with Gasteiger partial charge in [0.2, 0.25) is 0 Å². The summed E-state index contributed by atoms with van der Waals surface area (Å²) >= 11 is 0. The van der Waals surface area contributed by atoms with Gasteiger partial charge in [-0.05, 0) is 30.5 Å². The Kier molecular flexibility index (Phi) is 2.61. The van der Waals surface area contributed by atoms with Gasteiger partial charge in [-0.2, -0.15) is 5.48 Å². The van der Waals surface area contributed by atoms with Crippen molar-refractivity contribution in [2.24, 2.45) is 7.05 Å². The summed E-state index contributed by atoms with van der Waals surface area (Å²) < 4.78 is 2.22. The minimum Gasteiger partial charge on any atom is -0.331 e. The third-order valence-corrected chi connectivity index (χ3v) is 3.34. The highest BCUT2D eigenvalue weighted by atomic mass is 16.6. The summed E-state index contributed by atoms with van der Waals surface area (Å²) in [6.45, 7) is 0.710. The minimum absolute atomic E-state index is 0.688. The molecule has 0 spiro atoms. The standard InChI is InChI=1S/C13H17N3O/c1-16-12-6-3-9(8-14-17-2)7-11(12)15-13(16)10-4-5-10/h3,6-7,10,14H,4-5,8H2,1-2H3. The molecule has 0 aliphatic heterocycles. The molecule has 0 amide bonds. The fourth-order valence-electron chi connectivity index (χ4n) is 2.24. The Morgan fingerprint density at radius 2 is 2.29 bits per heavy atom. The molecule has 17 heavy (non-hydrogen) atoms. The summed E-state index contributed by atoms with van der Waals surface area (Å²) in [6, 6.07) is 6.39. The van der Waals surface area contributed by atoms with Gasteiger partial charge < -0.3 is 9.40 Å². The number of nitrogens with one attached hydrogen (secondary N) is 1. The van der Waals surface area contributed by atoms with E-state index in [1.165, 1.54) is 29.7 Å². The third kappa shape index (κ3) is 1.94. The topological polar surface area (TPSA) is 39.1 Å². The van der Waals surface area contributed by atoms with E-state index in [4.69, 9.17) is 9.82 Å². The van der Waals surface area contributed by atoms with Crippen LogP contribution in [0, 0.1) is 0 Å². The van der Waals surface area contributed by atoms with Crippen LogP contribution in [-0.2, 0) is 18.4 Å². The molecular formula is C13H17N3O. The SMILES string of the molecule is CONCc1ccc2c(c1)nc(C1CC1)n2C. The summed E-state index contributed by atoms with van der Waals surface area (Å²) in [5.41, 5.74) is 6.35. The molecule has 1 fully saturated rings. The van der Waals surface area contributed by atoms with Crippen LogP contribution in [0.15, 0.2) is 18.2 Å². The monoisotopic (exact) mass is 231 g/mol. The summed E-state index contributed by atoms with van der Waals surface area (Å²) in [4.78, 5) is 9.60. The molecule has 0 unspecified atom stereocenters. The molecule has 1 aliphatic carbocycles. The Hall–Kier alpha value is -1.39. The van der Waals surface area contributed by atoms with E-state index in [0.717, 1.165) is 5.52 Å². The molecule has 90 valence electrons. The van der Waals surface area contributed by atoms with Gasteiger partial charge in [0.15, 0.2) is 0 Å². The minimum atomic E-state index is 0.688. The van der Waals surface area contributed by atoms with Crippen LogP contribution < -0.4 is 5.48 Å². The molecule has 4 heteroatoms. The van der Waals surface area contributed by atoms with Gasteiger partial charge in [-0.1, -0.05) is 6.07 Å². The van der Waals surface area contributed by atoms with E-state index in [2.05, 4.69) is 35.3 Å². The van der Waals surface area contributed by atoms with Gasteiger partial charge in [0.25, 0.3) is 0 Å². The summed E-state index contributed by atoms with van der Waals surface area (Å²) in [5, 5.41) is 0. The Bertz CT molecular complexity index is 543. The van der Waals surface area contributed by atoms with Gasteiger partial charge in [-0.3, -0.25) is 0 Å². The van der Waals surface area contributed by atoms with Crippen LogP contribution in [0.5, 0.6) is 0 Å². The molecule has 0 saturated heterocycles. The first-order valence-electron chi connectivity index (χ1n) is 6.00. The molecule has 0 atom stereocenters. The second kappa shape index (κ2) is 4.13. The molecule has 1 aliphatic rings. The second-order valence-electron chi connectivity index (χ2n) is 4.65. The lowest BCUT2D eigenvalue weighted by atomic mass is 10.2. The zero-order valence-electron chi connectivity index (χ0n) is 10.2.